The first-order chi connectivity index (χ1) is 11.9. The summed E-state index contributed by atoms with van der Waals surface area (Å²) in [5.74, 6) is 1.41. The van der Waals surface area contributed by atoms with Crippen molar-refractivity contribution in [3.8, 4) is 0 Å². The van der Waals surface area contributed by atoms with Crippen molar-refractivity contribution < 1.29 is 9.32 Å². The molecular formula is C18H26Cl2N4O2S. The van der Waals surface area contributed by atoms with Gasteiger partial charge in [-0.2, -0.15) is 0 Å². The topological polar surface area (TPSA) is 85.2 Å². The van der Waals surface area contributed by atoms with Crippen molar-refractivity contribution in [1.29, 1.82) is 0 Å². The van der Waals surface area contributed by atoms with Crippen LogP contribution >= 0.6 is 36.6 Å². The van der Waals surface area contributed by atoms with Gasteiger partial charge in [0.15, 0.2) is 0 Å². The molecule has 1 fully saturated rings. The number of aryl methyl sites for hydroxylation is 1. The number of piperidine rings is 1. The quantitative estimate of drug-likeness (QED) is 0.740. The second kappa shape index (κ2) is 9.78. The summed E-state index contributed by atoms with van der Waals surface area (Å²) in [6.45, 7) is 7.44. The normalized spacial score (nSPS) is 18.4. The van der Waals surface area contributed by atoms with Crippen molar-refractivity contribution in [3.05, 3.63) is 41.4 Å². The number of nitrogens with two attached hydrogens (primary N) is 1. The van der Waals surface area contributed by atoms with Gasteiger partial charge in [-0.3, -0.25) is 4.79 Å². The lowest BCUT2D eigenvalue weighted by Gasteiger charge is -2.42. The number of amides is 1. The molecule has 1 aliphatic rings. The zero-order valence-corrected chi connectivity index (χ0v) is 18.1. The van der Waals surface area contributed by atoms with Crippen molar-refractivity contribution in [3.63, 3.8) is 0 Å². The Kier molecular flexibility index (Phi) is 8.60. The molecule has 0 bridgehead atoms. The molecule has 0 radical (unpaired) electrons. The van der Waals surface area contributed by atoms with Crippen LogP contribution in [0.3, 0.4) is 0 Å². The van der Waals surface area contributed by atoms with Crippen LogP contribution in [0, 0.1) is 12.3 Å². The van der Waals surface area contributed by atoms with Crippen LogP contribution < -0.4 is 5.73 Å². The van der Waals surface area contributed by atoms with Gasteiger partial charge in [-0.05, 0) is 30.9 Å². The number of pyridine rings is 1. The minimum atomic E-state index is -0.0817. The largest absolute Gasteiger partial charge is 0.361 e. The molecule has 1 atom stereocenters. The van der Waals surface area contributed by atoms with Gasteiger partial charge in [-0.25, -0.2) is 4.98 Å². The van der Waals surface area contributed by atoms with Gasteiger partial charge in [0.2, 0.25) is 0 Å². The number of rotatable bonds is 4. The Morgan fingerprint density at radius 2 is 2.19 bits per heavy atom. The lowest BCUT2D eigenvalue weighted by atomic mass is 9.79. The van der Waals surface area contributed by atoms with E-state index in [1.165, 1.54) is 11.8 Å². The third-order valence-electron chi connectivity index (χ3n) is 4.63. The van der Waals surface area contributed by atoms with Gasteiger partial charge in [0, 0.05) is 37.1 Å². The summed E-state index contributed by atoms with van der Waals surface area (Å²) in [7, 11) is 0. The molecule has 1 aliphatic heterocycles. The molecule has 2 aromatic rings. The molecule has 1 saturated heterocycles. The van der Waals surface area contributed by atoms with Crippen molar-refractivity contribution in [2.75, 3.05) is 13.1 Å². The first kappa shape index (κ1) is 23.8. The Balaban J connectivity index is 0.00000182. The van der Waals surface area contributed by atoms with Crippen LogP contribution in [0.1, 0.15) is 42.1 Å². The van der Waals surface area contributed by atoms with E-state index in [-0.39, 0.29) is 42.2 Å². The number of carbonyl (C=O) groups is 1. The van der Waals surface area contributed by atoms with Crippen LogP contribution in [0.2, 0.25) is 0 Å². The number of thioether (sulfide) groups is 1. The summed E-state index contributed by atoms with van der Waals surface area (Å²) in [5.41, 5.74) is 7.59. The molecule has 150 valence electrons. The van der Waals surface area contributed by atoms with E-state index in [0.29, 0.717) is 24.4 Å². The number of aromatic nitrogens is 2. The van der Waals surface area contributed by atoms with Gasteiger partial charge >= 0.3 is 0 Å². The number of likely N-dealkylation sites (tertiary alicyclic amines) is 1. The molecule has 3 heterocycles. The molecule has 0 saturated carbocycles. The maximum absolute atomic E-state index is 13.0. The van der Waals surface area contributed by atoms with Gasteiger partial charge in [0.1, 0.15) is 10.8 Å². The molecule has 6 nitrogen and oxygen atoms in total. The first-order valence-electron chi connectivity index (χ1n) is 8.42. The lowest BCUT2D eigenvalue weighted by molar-refractivity contribution is 0.0529. The average Bonchev–Trinajstić information content (AvgIpc) is 3.00. The Morgan fingerprint density at radius 1 is 1.44 bits per heavy atom. The van der Waals surface area contributed by atoms with Gasteiger partial charge in [0.05, 0.1) is 11.3 Å². The van der Waals surface area contributed by atoms with E-state index >= 15 is 0 Å². The Hall–Kier alpha value is -1.28. The lowest BCUT2D eigenvalue weighted by Crippen LogP contribution is -2.54. The molecule has 1 unspecified atom stereocenters. The molecule has 2 N–H and O–H groups in total. The Morgan fingerprint density at radius 3 is 2.81 bits per heavy atom. The summed E-state index contributed by atoms with van der Waals surface area (Å²) in [6.07, 6.45) is 2.53. The van der Waals surface area contributed by atoms with E-state index in [1.54, 1.807) is 12.3 Å². The average molecular weight is 433 g/mol. The van der Waals surface area contributed by atoms with Crippen molar-refractivity contribution in [2.45, 2.75) is 44.0 Å². The molecule has 3 rings (SSSR count). The second-order valence-electron chi connectivity index (χ2n) is 7.18. The minimum absolute atomic E-state index is 0. The smallest absolute Gasteiger partial charge is 0.256 e. The summed E-state index contributed by atoms with van der Waals surface area (Å²) in [5, 5.41) is 4.71. The Labute approximate surface area is 176 Å². The van der Waals surface area contributed by atoms with E-state index < -0.39 is 0 Å². The highest BCUT2D eigenvalue weighted by Gasteiger charge is 2.36. The highest BCUT2D eigenvalue weighted by Crippen LogP contribution is 2.30. The van der Waals surface area contributed by atoms with E-state index in [4.69, 9.17) is 10.3 Å². The predicted molar refractivity (Wildman–Crippen MR) is 112 cm³/mol. The van der Waals surface area contributed by atoms with Crippen molar-refractivity contribution >= 4 is 42.5 Å². The number of halogens is 2. The van der Waals surface area contributed by atoms with Crippen molar-refractivity contribution in [2.24, 2.45) is 11.1 Å². The predicted octanol–water partition coefficient (Wildman–Crippen LogP) is 3.71. The maximum atomic E-state index is 13.0. The molecule has 9 heteroatoms. The molecule has 0 aliphatic carbocycles. The summed E-state index contributed by atoms with van der Waals surface area (Å²) < 4.78 is 5.09. The molecule has 27 heavy (non-hydrogen) atoms. The molecule has 2 aromatic heterocycles. The van der Waals surface area contributed by atoms with Gasteiger partial charge in [-0.1, -0.05) is 30.8 Å². The molecule has 0 spiro atoms. The summed E-state index contributed by atoms with van der Waals surface area (Å²) >= 11 is 1.50. The zero-order chi connectivity index (χ0) is 18.0. The zero-order valence-electron chi connectivity index (χ0n) is 15.7. The van der Waals surface area contributed by atoms with Crippen LogP contribution in [-0.2, 0) is 5.75 Å². The molecular weight excluding hydrogens is 407 g/mol. The maximum Gasteiger partial charge on any atom is 0.256 e. The van der Waals surface area contributed by atoms with Crippen LogP contribution in [0.5, 0.6) is 0 Å². The number of nitrogens with zero attached hydrogens (tertiary/aromatic N) is 3. The fraction of sp³-hybridized carbons (Fsp3) is 0.500. The number of hydrogen-bond donors (Lipinski definition) is 1. The molecule has 0 aromatic carbocycles. The monoisotopic (exact) mass is 432 g/mol. The summed E-state index contributed by atoms with van der Waals surface area (Å²) in [4.78, 5) is 19.3. The second-order valence-corrected chi connectivity index (χ2v) is 8.15. The first-order valence-corrected chi connectivity index (χ1v) is 9.40. The van der Waals surface area contributed by atoms with E-state index in [9.17, 15) is 4.79 Å². The van der Waals surface area contributed by atoms with Gasteiger partial charge in [0.25, 0.3) is 5.91 Å². The summed E-state index contributed by atoms with van der Waals surface area (Å²) in [6, 6.07) is 5.66. The van der Waals surface area contributed by atoms with Crippen LogP contribution in [0.25, 0.3) is 0 Å². The fourth-order valence-corrected chi connectivity index (χ4v) is 3.88. The Bertz CT molecular complexity index is 769. The van der Waals surface area contributed by atoms with E-state index in [1.807, 2.05) is 24.0 Å². The minimum Gasteiger partial charge on any atom is -0.361 e. The highest BCUT2D eigenvalue weighted by atomic mass is 35.5. The SMILES string of the molecule is Cc1cc(CSc2ncccc2C(=O)N2CCC(N)C(C)(C)C2)no1.Cl.Cl. The number of carbonyl (C=O) groups excluding carboxylic acids is 1. The third-order valence-corrected chi connectivity index (χ3v) is 5.67. The van der Waals surface area contributed by atoms with Gasteiger partial charge in [-0.15, -0.1) is 24.8 Å². The van der Waals surface area contributed by atoms with E-state index in [0.717, 1.165) is 22.9 Å². The molecule has 1 amide bonds. The van der Waals surface area contributed by atoms with Gasteiger partial charge < -0.3 is 15.2 Å². The van der Waals surface area contributed by atoms with Crippen LogP contribution in [0.4, 0.5) is 0 Å². The highest BCUT2D eigenvalue weighted by molar-refractivity contribution is 7.98. The van der Waals surface area contributed by atoms with Crippen LogP contribution in [-0.4, -0.2) is 40.1 Å². The third kappa shape index (κ3) is 5.60. The standard InChI is InChI=1S/C18H24N4O2S.2ClH/c1-12-9-13(21-24-12)10-25-16-14(5-4-7-20-16)17(23)22-8-6-15(19)18(2,3)11-22;;/h4-5,7,9,15H,6,8,10-11,19H2,1-3H3;2*1H. The van der Waals surface area contributed by atoms with Crippen LogP contribution in [0.15, 0.2) is 33.9 Å². The van der Waals surface area contributed by atoms with E-state index in [2.05, 4.69) is 24.0 Å². The number of hydrogen-bond acceptors (Lipinski definition) is 6. The fourth-order valence-electron chi connectivity index (χ4n) is 3.01. The van der Waals surface area contributed by atoms with Crippen molar-refractivity contribution in [1.82, 2.24) is 15.0 Å².